The second-order valence-corrected chi connectivity index (χ2v) is 6.11. The molecule has 0 aliphatic heterocycles. The lowest BCUT2D eigenvalue weighted by Gasteiger charge is -2.06. The van der Waals surface area contributed by atoms with Gasteiger partial charge in [0.2, 0.25) is 0 Å². The van der Waals surface area contributed by atoms with Crippen LogP contribution in [0.2, 0.25) is 0 Å². The van der Waals surface area contributed by atoms with Crippen LogP contribution in [-0.2, 0) is 0 Å². The van der Waals surface area contributed by atoms with Gasteiger partial charge in [-0.3, -0.25) is 0 Å². The van der Waals surface area contributed by atoms with Crippen LogP contribution in [0, 0.1) is 6.92 Å². The van der Waals surface area contributed by atoms with E-state index < -0.39 is 0 Å². The van der Waals surface area contributed by atoms with Gasteiger partial charge in [0, 0.05) is 5.69 Å². The lowest BCUT2D eigenvalue weighted by Crippen LogP contribution is -2.11. The van der Waals surface area contributed by atoms with Crippen molar-refractivity contribution in [3.63, 3.8) is 0 Å². The summed E-state index contributed by atoms with van der Waals surface area (Å²) in [5, 5.41) is 0. The van der Waals surface area contributed by atoms with Crippen LogP contribution >= 0.6 is 27.3 Å². The predicted octanol–water partition coefficient (Wildman–Crippen LogP) is 3.30. The van der Waals surface area contributed by atoms with Crippen molar-refractivity contribution in [1.82, 2.24) is 9.97 Å². The van der Waals surface area contributed by atoms with Crippen LogP contribution in [0.25, 0.3) is 10.6 Å². The van der Waals surface area contributed by atoms with Gasteiger partial charge in [-0.2, -0.15) is 0 Å². The van der Waals surface area contributed by atoms with Crippen molar-refractivity contribution in [2.75, 3.05) is 0 Å². The Morgan fingerprint density at radius 2 is 2.12 bits per heavy atom. The number of aryl methyl sites for hydroxylation is 1. The summed E-state index contributed by atoms with van der Waals surface area (Å²) in [7, 11) is 0. The molecule has 0 saturated carbocycles. The number of aromatic nitrogens is 2. The molecule has 0 aliphatic carbocycles. The van der Waals surface area contributed by atoms with Crippen LogP contribution in [-0.4, -0.2) is 9.97 Å². The average Bonchev–Trinajstić information content (AvgIpc) is 2.64. The van der Waals surface area contributed by atoms with Crippen molar-refractivity contribution in [2.45, 2.75) is 19.9 Å². The van der Waals surface area contributed by atoms with Gasteiger partial charge in [0.05, 0.1) is 20.4 Å². The SMILES string of the molecule is Cc1cc(-c2ccc(Br)s2)nc(C(C)N)n1. The first-order valence-electron chi connectivity index (χ1n) is 4.93. The van der Waals surface area contributed by atoms with Gasteiger partial charge in [-0.1, -0.05) is 0 Å². The molecule has 2 aromatic heterocycles. The van der Waals surface area contributed by atoms with Crippen molar-refractivity contribution in [3.05, 3.63) is 33.5 Å². The van der Waals surface area contributed by atoms with Gasteiger partial charge >= 0.3 is 0 Å². The zero-order chi connectivity index (χ0) is 11.7. The molecule has 0 aromatic carbocycles. The highest BCUT2D eigenvalue weighted by molar-refractivity contribution is 9.11. The average molecular weight is 298 g/mol. The molecule has 1 atom stereocenters. The molecular formula is C11H12BrN3S. The third-order valence-corrected chi connectivity index (χ3v) is 3.75. The van der Waals surface area contributed by atoms with Gasteiger partial charge < -0.3 is 5.73 Å². The minimum Gasteiger partial charge on any atom is -0.322 e. The highest BCUT2D eigenvalue weighted by Crippen LogP contribution is 2.30. The standard InChI is InChI=1S/C11H12BrN3S/c1-6-5-8(9-3-4-10(12)16-9)15-11(14-6)7(2)13/h3-5,7H,13H2,1-2H3. The molecule has 0 saturated heterocycles. The summed E-state index contributed by atoms with van der Waals surface area (Å²) in [6.45, 7) is 3.85. The van der Waals surface area contributed by atoms with Gasteiger partial charge in [0.1, 0.15) is 5.82 Å². The zero-order valence-corrected chi connectivity index (χ0v) is 11.5. The molecular weight excluding hydrogens is 286 g/mol. The summed E-state index contributed by atoms with van der Waals surface area (Å²) >= 11 is 5.10. The molecule has 2 rings (SSSR count). The van der Waals surface area contributed by atoms with E-state index in [0.717, 1.165) is 20.1 Å². The summed E-state index contributed by atoms with van der Waals surface area (Å²) in [4.78, 5) is 9.92. The molecule has 0 radical (unpaired) electrons. The molecule has 0 fully saturated rings. The molecule has 84 valence electrons. The molecule has 0 spiro atoms. The summed E-state index contributed by atoms with van der Waals surface area (Å²) < 4.78 is 1.10. The maximum Gasteiger partial charge on any atom is 0.145 e. The van der Waals surface area contributed by atoms with E-state index >= 15 is 0 Å². The minimum atomic E-state index is -0.137. The summed E-state index contributed by atoms with van der Waals surface area (Å²) in [6.07, 6.45) is 0. The Labute approximate surface area is 107 Å². The monoisotopic (exact) mass is 297 g/mol. The van der Waals surface area contributed by atoms with Gasteiger partial charge in [0.15, 0.2) is 0 Å². The highest BCUT2D eigenvalue weighted by Gasteiger charge is 2.09. The van der Waals surface area contributed by atoms with Crippen LogP contribution in [0.15, 0.2) is 22.0 Å². The van der Waals surface area contributed by atoms with Crippen LogP contribution in [0.5, 0.6) is 0 Å². The molecule has 0 bridgehead atoms. The zero-order valence-electron chi connectivity index (χ0n) is 9.07. The molecule has 2 N–H and O–H groups in total. The fourth-order valence-corrected chi connectivity index (χ4v) is 2.72. The molecule has 0 amide bonds. The third kappa shape index (κ3) is 2.48. The molecule has 1 unspecified atom stereocenters. The first-order chi connectivity index (χ1) is 7.56. The Hall–Kier alpha value is -0.780. The lowest BCUT2D eigenvalue weighted by molar-refractivity contribution is 0.735. The number of rotatable bonds is 2. The van der Waals surface area contributed by atoms with E-state index in [1.54, 1.807) is 11.3 Å². The van der Waals surface area contributed by atoms with Crippen molar-refractivity contribution < 1.29 is 0 Å². The summed E-state index contributed by atoms with van der Waals surface area (Å²) in [6, 6.07) is 5.90. The summed E-state index contributed by atoms with van der Waals surface area (Å²) in [5.74, 6) is 0.694. The largest absolute Gasteiger partial charge is 0.322 e. The number of nitrogens with two attached hydrogens (primary N) is 1. The first kappa shape index (κ1) is 11.7. The lowest BCUT2D eigenvalue weighted by atomic mass is 10.2. The Morgan fingerprint density at radius 3 is 2.69 bits per heavy atom. The Bertz CT molecular complexity index is 508. The van der Waals surface area contributed by atoms with E-state index in [1.807, 2.05) is 32.0 Å². The molecule has 16 heavy (non-hydrogen) atoms. The first-order valence-corrected chi connectivity index (χ1v) is 6.54. The number of hydrogen-bond donors (Lipinski definition) is 1. The van der Waals surface area contributed by atoms with Crippen molar-refractivity contribution >= 4 is 27.3 Å². The minimum absolute atomic E-state index is 0.137. The van der Waals surface area contributed by atoms with E-state index in [-0.39, 0.29) is 6.04 Å². The topological polar surface area (TPSA) is 51.8 Å². The Kier molecular flexibility index (Phi) is 3.37. The second kappa shape index (κ2) is 4.61. The number of hydrogen-bond acceptors (Lipinski definition) is 4. The maximum atomic E-state index is 5.80. The Morgan fingerprint density at radius 1 is 1.38 bits per heavy atom. The number of nitrogens with zero attached hydrogens (tertiary/aromatic N) is 2. The highest BCUT2D eigenvalue weighted by atomic mass is 79.9. The fourth-order valence-electron chi connectivity index (χ4n) is 1.37. The third-order valence-electron chi connectivity index (χ3n) is 2.10. The molecule has 5 heteroatoms. The van der Waals surface area contributed by atoms with Crippen LogP contribution in [0.3, 0.4) is 0 Å². The number of halogens is 1. The van der Waals surface area contributed by atoms with E-state index in [4.69, 9.17) is 5.73 Å². The van der Waals surface area contributed by atoms with Gasteiger partial charge in [-0.25, -0.2) is 9.97 Å². The fraction of sp³-hybridized carbons (Fsp3) is 0.273. The maximum absolute atomic E-state index is 5.80. The summed E-state index contributed by atoms with van der Waals surface area (Å²) in [5.41, 5.74) is 7.69. The van der Waals surface area contributed by atoms with Crippen molar-refractivity contribution in [2.24, 2.45) is 5.73 Å². The van der Waals surface area contributed by atoms with Crippen LogP contribution in [0.1, 0.15) is 24.5 Å². The van der Waals surface area contributed by atoms with Crippen molar-refractivity contribution in [1.29, 1.82) is 0 Å². The van der Waals surface area contributed by atoms with E-state index in [2.05, 4.69) is 25.9 Å². The van der Waals surface area contributed by atoms with E-state index in [0.29, 0.717) is 5.82 Å². The van der Waals surface area contributed by atoms with Gasteiger partial charge in [0.25, 0.3) is 0 Å². The quantitative estimate of drug-likeness (QED) is 0.925. The molecule has 2 aromatic rings. The smallest absolute Gasteiger partial charge is 0.145 e. The molecule has 3 nitrogen and oxygen atoms in total. The van der Waals surface area contributed by atoms with E-state index in [9.17, 15) is 0 Å². The molecule has 2 heterocycles. The Balaban J connectivity index is 2.49. The van der Waals surface area contributed by atoms with Gasteiger partial charge in [-0.05, 0) is 48.0 Å². The van der Waals surface area contributed by atoms with Gasteiger partial charge in [-0.15, -0.1) is 11.3 Å². The predicted molar refractivity (Wildman–Crippen MR) is 70.4 cm³/mol. The molecule has 0 aliphatic rings. The van der Waals surface area contributed by atoms with E-state index in [1.165, 1.54) is 0 Å². The second-order valence-electron chi connectivity index (χ2n) is 3.65. The van der Waals surface area contributed by atoms with Crippen LogP contribution in [0.4, 0.5) is 0 Å². The number of thiophene rings is 1. The van der Waals surface area contributed by atoms with Crippen molar-refractivity contribution in [3.8, 4) is 10.6 Å². The normalized spacial score (nSPS) is 12.8. The van der Waals surface area contributed by atoms with Crippen LogP contribution < -0.4 is 5.73 Å².